The van der Waals surface area contributed by atoms with Crippen LogP contribution in [0.1, 0.15) is 39.5 Å². The number of hydrogen-bond acceptors (Lipinski definition) is 1. The Morgan fingerprint density at radius 3 is 2.33 bits per heavy atom. The molecule has 3 aliphatic rings. The highest BCUT2D eigenvalue weighted by atomic mass is 16.4. The summed E-state index contributed by atoms with van der Waals surface area (Å²) >= 11 is 0. The lowest BCUT2D eigenvalue weighted by Gasteiger charge is -2.70. The zero-order valence-corrected chi connectivity index (χ0v) is 7.76. The first-order valence-corrected chi connectivity index (χ1v) is 4.78. The van der Waals surface area contributed by atoms with E-state index < -0.39 is 5.97 Å². The molecule has 68 valence electrons. The van der Waals surface area contributed by atoms with Crippen LogP contribution in [0.5, 0.6) is 0 Å². The second kappa shape index (κ2) is 2.04. The van der Waals surface area contributed by atoms with E-state index in [4.69, 9.17) is 5.11 Å². The van der Waals surface area contributed by atoms with Crippen molar-refractivity contribution in [3.8, 4) is 0 Å². The van der Waals surface area contributed by atoms with Gasteiger partial charge in [0.2, 0.25) is 0 Å². The van der Waals surface area contributed by atoms with Gasteiger partial charge in [0.1, 0.15) is 0 Å². The van der Waals surface area contributed by atoms with E-state index in [-0.39, 0.29) is 5.41 Å². The van der Waals surface area contributed by atoms with E-state index in [2.05, 4.69) is 13.8 Å². The molecule has 2 heteroatoms. The summed E-state index contributed by atoms with van der Waals surface area (Å²) in [6, 6.07) is 0. The Morgan fingerprint density at radius 2 is 2.00 bits per heavy atom. The van der Waals surface area contributed by atoms with Crippen molar-refractivity contribution < 1.29 is 9.90 Å². The predicted octanol–water partition coefficient (Wildman–Crippen LogP) is 2.29. The average molecular weight is 168 g/mol. The van der Waals surface area contributed by atoms with Crippen LogP contribution in [0, 0.1) is 16.7 Å². The number of hydrogen-bond donors (Lipinski definition) is 1. The quantitative estimate of drug-likeness (QED) is 0.702. The van der Waals surface area contributed by atoms with E-state index in [9.17, 15) is 4.79 Å². The average Bonchev–Trinajstić information content (AvgIpc) is 1.80. The lowest BCUT2D eigenvalue weighted by molar-refractivity contribution is -0.240. The molecule has 3 rings (SSSR count). The minimum atomic E-state index is -0.562. The normalized spacial score (nSPS) is 45.8. The molecule has 0 aromatic carbocycles. The summed E-state index contributed by atoms with van der Waals surface area (Å²) in [5, 5.41) is 8.90. The van der Waals surface area contributed by atoms with Crippen LogP contribution in [0.3, 0.4) is 0 Å². The van der Waals surface area contributed by atoms with E-state index in [1.54, 1.807) is 0 Å². The summed E-state index contributed by atoms with van der Waals surface area (Å²) in [6.07, 6.45) is 4.04. The Bertz CT molecular complexity index is 212. The summed E-state index contributed by atoms with van der Waals surface area (Å²) < 4.78 is 0. The van der Waals surface area contributed by atoms with Crippen LogP contribution in [0.25, 0.3) is 0 Å². The Morgan fingerprint density at radius 1 is 1.50 bits per heavy atom. The molecule has 3 saturated carbocycles. The van der Waals surface area contributed by atoms with Gasteiger partial charge in [-0.05, 0) is 30.6 Å². The highest BCUT2D eigenvalue weighted by Crippen LogP contribution is 2.76. The molecule has 0 saturated heterocycles. The molecule has 12 heavy (non-hydrogen) atoms. The highest BCUT2D eigenvalue weighted by molar-refractivity contribution is 5.79. The van der Waals surface area contributed by atoms with Crippen molar-refractivity contribution in [2.45, 2.75) is 39.5 Å². The van der Waals surface area contributed by atoms with E-state index in [0.717, 1.165) is 25.2 Å². The number of carboxylic acid groups (broad SMARTS) is 1. The monoisotopic (exact) mass is 168 g/mol. The topological polar surface area (TPSA) is 37.3 Å². The first-order valence-electron chi connectivity index (χ1n) is 4.78. The van der Waals surface area contributed by atoms with Gasteiger partial charge in [-0.25, -0.2) is 0 Å². The van der Waals surface area contributed by atoms with Crippen molar-refractivity contribution in [2.24, 2.45) is 16.7 Å². The summed E-state index contributed by atoms with van der Waals surface area (Å²) in [5.41, 5.74) is 0.163. The van der Waals surface area contributed by atoms with Gasteiger partial charge in [-0.2, -0.15) is 0 Å². The van der Waals surface area contributed by atoms with Crippen LogP contribution in [-0.2, 0) is 4.79 Å². The second-order valence-electron chi connectivity index (χ2n) is 4.79. The fourth-order valence-electron chi connectivity index (χ4n) is 3.05. The first-order chi connectivity index (χ1) is 5.55. The van der Waals surface area contributed by atoms with Crippen LogP contribution >= 0.6 is 0 Å². The third kappa shape index (κ3) is 0.686. The van der Waals surface area contributed by atoms with Crippen LogP contribution in [-0.4, -0.2) is 11.1 Å². The summed E-state index contributed by atoms with van der Waals surface area (Å²) in [5.74, 6) is 0.159. The molecular weight excluding hydrogens is 152 g/mol. The molecule has 1 atom stereocenters. The molecule has 0 aromatic rings. The first kappa shape index (κ1) is 8.09. The van der Waals surface area contributed by atoms with E-state index >= 15 is 0 Å². The van der Waals surface area contributed by atoms with E-state index in [1.807, 2.05) is 0 Å². The number of carbonyl (C=O) groups is 1. The van der Waals surface area contributed by atoms with Crippen LogP contribution in [0.2, 0.25) is 0 Å². The maximum atomic E-state index is 10.8. The van der Waals surface area contributed by atoms with Crippen molar-refractivity contribution in [1.82, 2.24) is 0 Å². The van der Waals surface area contributed by atoms with E-state index in [1.165, 1.54) is 6.42 Å². The SMILES string of the molecule is CCC(C)C12CC(C(=O)O)(C1)C2. The number of rotatable bonds is 3. The highest BCUT2D eigenvalue weighted by Gasteiger charge is 2.72. The molecule has 0 aromatic heterocycles. The molecule has 1 N–H and O–H groups in total. The Hall–Kier alpha value is -0.530. The largest absolute Gasteiger partial charge is 0.481 e. The van der Waals surface area contributed by atoms with Crippen LogP contribution < -0.4 is 0 Å². The van der Waals surface area contributed by atoms with Crippen molar-refractivity contribution in [2.75, 3.05) is 0 Å². The maximum absolute atomic E-state index is 10.8. The maximum Gasteiger partial charge on any atom is 0.309 e. The standard InChI is InChI=1S/C10H16O2/c1-3-7(2)9-4-10(5-9,6-9)8(11)12/h7H,3-6H2,1-2H3,(H,11,12). The zero-order valence-electron chi connectivity index (χ0n) is 7.76. The van der Waals surface area contributed by atoms with Gasteiger partial charge < -0.3 is 5.11 Å². The summed E-state index contributed by atoms with van der Waals surface area (Å²) in [7, 11) is 0. The Kier molecular flexibility index (Phi) is 1.37. The molecule has 2 nitrogen and oxygen atoms in total. The van der Waals surface area contributed by atoms with Gasteiger partial charge in [0, 0.05) is 0 Å². The van der Waals surface area contributed by atoms with Gasteiger partial charge in [0.25, 0.3) is 0 Å². The fourth-order valence-corrected chi connectivity index (χ4v) is 3.05. The lowest BCUT2D eigenvalue weighted by Crippen LogP contribution is -2.67. The molecule has 3 fully saturated rings. The van der Waals surface area contributed by atoms with Gasteiger partial charge in [-0.1, -0.05) is 20.3 Å². The van der Waals surface area contributed by atoms with Gasteiger partial charge in [0.15, 0.2) is 0 Å². The third-order valence-corrected chi connectivity index (χ3v) is 4.18. The van der Waals surface area contributed by atoms with Crippen LogP contribution in [0.4, 0.5) is 0 Å². The molecular formula is C10H16O2. The molecule has 0 spiro atoms. The molecule has 0 radical (unpaired) electrons. The lowest BCUT2D eigenvalue weighted by atomic mass is 9.32. The van der Waals surface area contributed by atoms with Crippen molar-refractivity contribution in [3.05, 3.63) is 0 Å². The molecule has 1 unspecified atom stereocenters. The molecule has 3 aliphatic carbocycles. The summed E-state index contributed by atoms with van der Waals surface area (Å²) in [6.45, 7) is 4.45. The summed E-state index contributed by atoms with van der Waals surface area (Å²) in [4.78, 5) is 10.8. The van der Waals surface area contributed by atoms with Crippen molar-refractivity contribution in [3.63, 3.8) is 0 Å². The molecule has 0 amide bonds. The minimum Gasteiger partial charge on any atom is -0.481 e. The third-order valence-electron chi connectivity index (χ3n) is 4.18. The van der Waals surface area contributed by atoms with Gasteiger partial charge in [-0.15, -0.1) is 0 Å². The van der Waals surface area contributed by atoms with Gasteiger partial charge >= 0.3 is 5.97 Å². The molecule has 2 bridgehead atoms. The Balaban J connectivity index is 1.99. The van der Waals surface area contributed by atoms with Gasteiger partial charge in [-0.3, -0.25) is 4.79 Å². The van der Waals surface area contributed by atoms with Gasteiger partial charge in [0.05, 0.1) is 5.41 Å². The fraction of sp³-hybridized carbons (Fsp3) is 0.900. The van der Waals surface area contributed by atoms with Crippen molar-refractivity contribution >= 4 is 5.97 Å². The number of aliphatic carboxylic acids is 1. The smallest absolute Gasteiger partial charge is 0.309 e. The second-order valence-corrected chi connectivity index (χ2v) is 4.79. The van der Waals surface area contributed by atoms with E-state index in [0.29, 0.717) is 5.41 Å². The molecule has 0 aliphatic heterocycles. The zero-order chi connectivity index (χ0) is 8.98. The Labute approximate surface area is 73.0 Å². The number of carboxylic acids is 1. The predicted molar refractivity (Wildman–Crippen MR) is 45.8 cm³/mol. The molecule has 0 heterocycles. The van der Waals surface area contributed by atoms with Crippen molar-refractivity contribution in [1.29, 1.82) is 0 Å². The minimum absolute atomic E-state index is 0.274. The van der Waals surface area contributed by atoms with Crippen LogP contribution in [0.15, 0.2) is 0 Å².